The largest absolute Gasteiger partial charge is 0.497 e. The van der Waals surface area contributed by atoms with Crippen LogP contribution in [0, 0.1) is 0 Å². The molecule has 0 heterocycles. The van der Waals surface area contributed by atoms with E-state index in [-0.39, 0.29) is 18.3 Å². The van der Waals surface area contributed by atoms with E-state index in [0.717, 1.165) is 50.1 Å². The first-order valence-electron chi connectivity index (χ1n) is 8.35. The Balaban J connectivity index is 0.00000288. The van der Waals surface area contributed by atoms with Gasteiger partial charge in [0, 0.05) is 26.7 Å². The SMILES string of the molecule is COCCNCCNC(=O)C1(c2cccc(OC)c2)CCCC1.Cl. The van der Waals surface area contributed by atoms with Crippen molar-refractivity contribution in [2.45, 2.75) is 31.1 Å². The van der Waals surface area contributed by atoms with Crippen LogP contribution in [-0.4, -0.2) is 46.4 Å². The van der Waals surface area contributed by atoms with Gasteiger partial charge in [0.2, 0.25) is 5.91 Å². The zero-order valence-corrected chi connectivity index (χ0v) is 15.4. The molecule has 0 atom stereocenters. The molecule has 0 bridgehead atoms. The van der Waals surface area contributed by atoms with Gasteiger partial charge in [0.15, 0.2) is 0 Å². The van der Waals surface area contributed by atoms with Crippen LogP contribution in [0.25, 0.3) is 0 Å². The molecule has 0 unspecified atom stereocenters. The zero-order chi connectivity index (χ0) is 16.5. The first-order chi connectivity index (χ1) is 11.2. The van der Waals surface area contributed by atoms with Gasteiger partial charge in [-0.15, -0.1) is 12.4 Å². The lowest BCUT2D eigenvalue weighted by Crippen LogP contribution is -2.44. The smallest absolute Gasteiger partial charge is 0.230 e. The van der Waals surface area contributed by atoms with E-state index in [0.29, 0.717) is 13.2 Å². The van der Waals surface area contributed by atoms with Crippen LogP contribution in [0.4, 0.5) is 0 Å². The quantitative estimate of drug-likeness (QED) is 0.666. The van der Waals surface area contributed by atoms with E-state index < -0.39 is 5.41 Å². The topological polar surface area (TPSA) is 59.6 Å². The summed E-state index contributed by atoms with van der Waals surface area (Å²) in [5.41, 5.74) is 0.667. The van der Waals surface area contributed by atoms with E-state index in [9.17, 15) is 4.79 Å². The molecule has 1 saturated carbocycles. The molecule has 1 amide bonds. The summed E-state index contributed by atoms with van der Waals surface area (Å²) in [6, 6.07) is 7.93. The van der Waals surface area contributed by atoms with Crippen LogP contribution in [0.1, 0.15) is 31.2 Å². The Morgan fingerprint density at radius 2 is 1.92 bits per heavy atom. The second-order valence-electron chi connectivity index (χ2n) is 6.02. The molecule has 5 nitrogen and oxygen atoms in total. The summed E-state index contributed by atoms with van der Waals surface area (Å²) in [5, 5.41) is 6.34. The van der Waals surface area contributed by atoms with Crippen LogP contribution < -0.4 is 15.4 Å². The lowest BCUT2D eigenvalue weighted by molar-refractivity contribution is -0.126. The molecule has 2 N–H and O–H groups in total. The van der Waals surface area contributed by atoms with Gasteiger partial charge in [-0.2, -0.15) is 0 Å². The molecule has 0 aliphatic heterocycles. The lowest BCUT2D eigenvalue weighted by atomic mass is 9.78. The normalized spacial score (nSPS) is 15.6. The Morgan fingerprint density at radius 3 is 2.58 bits per heavy atom. The number of benzene rings is 1. The summed E-state index contributed by atoms with van der Waals surface area (Å²) in [6.45, 7) is 2.87. The third kappa shape index (κ3) is 5.10. The van der Waals surface area contributed by atoms with Crippen molar-refractivity contribution in [1.29, 1.82) is 0 Å². The summed E-state index contributed by atoms with van der Waals surface area (Å²) >= 11 is 0. The maximum absolute atomic E-state index is 12.9. The summed E-state index contributed by atoms with van der Waals surface area (Å²) in [6.07, 6.45) is 4.00. The first-order valence-corrected chi connectivity index (χ1v) is 8.35. The third-order valence-electron chi connectivity index (χ3n) is 4.58. The Morgan fingerprint density at radius 1 is 1.17 bits per heavy atom. The average molecular weight is 357 g/mol. The molecule has 0 radical (unpaired) electrons. The number of rotatable bonds is 9. The van der Waals surface area contributed by atoms with Gasteiger partial charge in [-0.25, -0.2) is 0 Å². The highest BCUT2D eigenvalue weighted by Crippen LogP contribution is 2.42. The van der Waals surface area contributed by atoms with Crippen molar-refractivity contribution < 1.29 is 14.3 Å². The van der Waals surface area contributed by atoms with Gasteiger partial charge >= 0.3 is 0 Å². The number of amides is 1. The Hall–Kier alpha value is -1.30. The van der Waals surface area contributed by atoms with Crippen LogP contribution in [-0.2, 0) is 14.9 Å². The minimum atomic E-state index is -0.402. The third-order valence-corrected chi connectivity index (χ3v) is 4.58. The average Bonchev–Trinajstić information content (AvgIpc) is 3.09. The maximum atomic E-state index is 12.9. The fourth-order valence-electron chi connectivity index (χ4n) is 3.28. The van der Waals surface area contributed by atoms with Crippen molar-refractivity contribution in [2.75, 3.05) is 40.5 Å². The molecule has 0 saturated heterocycles. The minimum absolute atomic E-state index is 0. The van der Waals surface area contributed by atoms with E-state index in [1.165, 1.54) is 0 Å². The number of carbonyl (C=O) groups excluding carboxylic acids is 1. The highest BCUT2D eigenvalue weighted by Gasteiger charge is 2.42. The van der Waals surface area contributed by atoms with Gasteiger partial charge in [0.05, 0.1) is 19.1 Å². The molecule has 2 rings (SSSR count). The lowest BCUT2D eigenvalue weighted by Gasteiger charge is -2.28. The Bertz CT molecular complexity index is 505. The van der Waals surface area contributed by atoms with E-state index in [2.05, 4.69) is 10.6 Å². The van der Waals surface area contributed by atoms with Gasteiger partial charge in [0.25, 0.3) is 0 Å². The molecular weight excluding hydrogens is 328 g/mol. The van der Waals surface area contributed by atoms with E-state index >= 15 is 0 Å². The number of ether oxygens (including phenoxy) is 2. The predicted molar refractivity (Wildman–Crippen MR) is 98.1 cm³/mol. The number of hydrogen-bond donors (Lipinski definition) is 2. The summed E-state index contributed by atoms with van der Waals surface area (Å²) < 4.78 is 10.3. The second-order valence-corrected chi connectivity index (χ2v) is 6.02. The van der Waals surface area contributed by atoms with Crippen LogP contribution in [0.2, 0.25) is 0 Å². The number of methoxy groups -OCH3 is 2. The van der Waals surface area contributed by atoms with Gasteiger partial charge in [-0.1, -0.05) is 25.0 Å². The van der Waals surface area contributed by atoms with Crippen LogP contribution >= 0.6 is 12.4 Å². The predicted octanol–water partition coefficient (Wildman–Crippen LogP) is 2.28. The summed E-state index contributed by atoms with van der Waals surface area (Å²) in [7, 11) is 3.34. The number of nitrogens with one attached hydrogen (secondary N) is 2. The van der Waals surface area contributed by atoms with Crippen LogP contribution in [0.5, 0.6) is 5.75 Å². The molecule has 24 heavy (non-hydrogen) atoms. The van der Waals surface area contributed by atoms with Crippen molar-refractivity contribution in [3.8, 4) is 5.75 Å². The van der Waals surface area contributed by atoms with Gasteiger partial charge in [-0.3, -0.25) is 4.79 Å². The summed E-state index contributed by atoms with van der Waals surface area (Å²) in [5.74, 6) is 0.944. The van der Waals surface area contributed by atoms with E-state index in [1.807, 2.05) is 24.3 Å². The highest BCUT2D eigenvalue weighted by atomic mass is 35.5. The number of carbonyl (C=O) groups is 1. The number of halogens is 1. The van der Waals surface area contributed by atoms with Crippen LogP contribution in [0.15, 0.2) is 24.3 Å². The van der Waals surface area contributed by atoms with Gasteiger partial charge < -0.3 is 20.1 Å². The molecule has 136 valence electrons. The monoisotopic (exact) mass is 356 g/mol. The molecule has 0 aromatic heterocycles. The Kier molecular flexibility index (Phi) is 9.11. The standard InChI is InChI=1S/C18H28N2O3.ClH/c1-22-13-12-19-10-11-20-17(21)18(8-3-4-9-18)15-6-5-7-16(14-15)23-2;/h5-7,14,19H,3-4,8-13H2,1-2H3,(H,20,21);1H. The van der Waals surface area contributed by atoms with E-state index in [4.69, 9.17) is 9.47 Å². The molecule has 1 aromatic rings. The van der Waals surface area contributed by atoms with Crippen molar-refractivity contribution in [3.05, 3.63) is 29.8 Å². The van der Waals surface area contributed by atoms with Crippen molar-refractivity contribution in [1.82, 2.24) is 10.6 Å². The molecule has 1 aliphatic rings. The fraction of sp³-hybridized carbons (Fsp3) is 0.611. The molecule has 6 heteroatoms. The molecular formula is C18H29ClN2O3. The molecule has 0 spiro atoms. The molecule has 1 fully saturated rings. The molecule has 1 aromatic carbocycles. The molecule has 1 aliphatic carbocycles. The zero-order valence-electron chi connectivity index (χ0n) is 14.6. The fourth-order valence-corrected chi connectivity index (χ4v) is 3.28. The Labute approximate surface area is 150 Å². The maximum Gasteiger partial charge on any atom is 0.230 e. The first kappa shape index (κ1) is 20.7. The van der Waals surface area contributed by atoms with Crippen molar-refractivity contribution in [2.24, 2.45) is 0 Å². The summed E-state index contributed by atoms with van der Waals surface area (Å²) in [4.78, 5) is 12.9. The van der Waals surface area contributed by atoms with Crippen molar-refractivity contribution in [3.63, 3.8) is 0 Å². The second kappa shape index (κ2) is 10.5. The van der Waals surface area contributed by atoms with Crippen LogP contribution in [0.3, 0.4) is 0 Å². The van der Waals surface area contributed by atoms with Gasteiger partial charge in [-0.05, 0) is 30.5 Å². The van der Waals surface area contributed by atoms with Gasteiger partial charge in [0.1, 0.15) is 5.75 Å². The van der Waals surface area contributed by atoms with E-state index in [1.54, 1.807) is 14.2 Å². The minimum Gasteiger partial charge on any atom is -0.497 e. The number of hydrogen-bond acceptors (Lipinski definition) is 4. The highest BCUT2D eigenvalue weighted by molar-refractivity contribution is 5.88. The van der Waals surface area contributed by atoms with Crippen molar-refractivity contribution >= 4 is 18.3 Å².